The normalized spacial score (nSPS) is 15.4. The molecule has 0 spiro atoms. The Morgan fingerprint density at radius 2 is 1.94 bits per heavy atom. The summed E-state index contributed by atoms with van der Waals surface area (Å²) in [6.07, 6.45) is 0.286. The van der Waals surface area contributed by atoms with Crippen molar-refractivity contribution in [2.75, 3.05) is 18.7 Å². The summed E-state index contributed by atoms with van der Waals surface area (Å²) in [5, 5.41) is 13.8. The average molecular weight is 459 g/mol. The van der Waals surface area contributed by atoms with E-state index in [2.05, 4.69) is 26.3 Å². The third kappa shape index (κ3) is 3.81. The van der Waals surface area contributed by atoms with Crippen LogP contribution in [-0.4, -0.2) is 28.3 Å². The van der Waals surface area contributed by atoms with Crippen molar-refractivity contribution >= 4 is 28.6 Å². The number of ether oxygens (including phenoxy) is 1. The standard InChI is InChI=1S/C22H20F3N5OS/c1-11(12-5-4-6-13(16(12)23)17(24)25)27-18-14-9-15(22(10-26)7-8-22)20(31-2)28-19(14)30-21(29-18)32-3/h4-6,9,11,17H,7-8H2,1-3H3,(H,27,28,29,30)/t11-/m1/s1. The molecule has 0 bridgehead atoms. The van der Waals surface area contributed by atoms with Crippen molar-refractivity contribution in [1.29, 1.82) is 5.26 Å². The maximum absolute atomic E-state index is 14.7. The third-order valence-corrected chi connectivity index (χ3v) is 6.15. The zero-order chi connectivity index (χ0) is 23.0. The number of aromatic nitrogens is 3. The molecule has 1 aliphatic carbocycles. The molecule has 0 saturated heterocycles. The van der Waals surface area contributed by atoms with Gasteiger partial charge in [-0.05, 0) is 32.1 Å². The predicted octanol–water partition coefficient (Wildman–Crippen LogP) is 5.56. The molecule has 1 aliphatic rings. The molecule has 6 nitrogen and oxygen atoms in total. The highest BCUT2D eigenvalue weighted by atomic mass is 32.2. The van der Waals surface area contributed by atoms with Gasteiger partial charge < -0.3 is 10.1 Å². The molecule has 4 rings (SSSR count). The number of anilines is 1. The van der Waals surface area contributed by atoms with E-state index in [0.717, 1.165) is 6.07 Å². The van der Waals surface area contributed by atoms with Gasteiger partial charge in [0.2, 0.25) is 5.88 Å². The van der Waals surface area contributed by atoms with Crippen LogP contribution in [0.2, 0.25) is 0 Å². The monoisotopic (exact) mass is 459 g/mol. The molecule has 1 fully saturated rings. The van der Waals surface area contributed by atoms with Crippen LogP contribution >= 0.6 is 11.8 Å². The second-order valence-corrected chi connectivity index (χ2v) is 8.36. The fourth-order valence-corrected chi connectivity index (χ4v) is 4.00. The summed E-state index contributed by atoms with van der Waals surface area (Å²) < 4.78 is 46.4. The van der Waals surface area contributed by atoms with Crippen LogP contribution in [0.4, 0.5) is 19.0 Å². The Bertz CT molecular complexity index is 1230. The molecule has 10 heteroatoms. The minimum Gasteiger partial charge on any atom is -0.481 e. The van der Waals surface area contributed by atoms with Gasteiger partial charge in [-0.1, -0.05) is 30.0 Å². The fourth-order valence-electron chi connectivity index (χ4n) is 3.64. The van der Waals surface area contributed by atoms with E-state index in [9.17, 15) is 18.4 Å². The summed E-state index contributed by atoms with van der Waals surface area (Å²) in [6.45, 7) is 1.66. The number of methoxy groups -OCH3 is 1. The summed E-state index contributed by atoms with van der Waals surface area (Å²) in [4.78, 5) is 13.4. The number of nitriles is 1. The minimum atomic E-state index is -2.91. The number of benzene rings is 1. The number of nitrogens with one attached hydrogen (secondary N) is 1. The maximum Gasteiger partial charge on any atom is 0.266 e. The highest BCUT2D eigenvalue weighted by Gasteiger charge is 2.47. The van der Waals surface area contributed by atoms with Gasteiger partial charge in [0.25, 0.3) is 6.43 Å². The van der Waals surface area contributed by atoms with Gasteiger partial charge in [0.05, 0.1) is 35.6 Å². The zero-order valence-electron chi connectivity index (χ0n) is 17.6. The van der Waals surface area contributed by atoms with E-state index in [4.69, 9.17) is 4.74 Å². The molecule has 2 heterocycles. The molecule has 166 valence electrons. The molecular formula is C22H20F3N5OS. The van der Waals surface area contributed by atoms with Crippen LogP contribution in [0, 0.1) is 17.1 Å². The summed E-state index contributed by atoms with van der Waals surface area (Å²) in [6, 6.07) is 7.38. The molecule has 0 aliphatic heterocycles. The number of fused-ring (bicyclic) bond motifs is 1. The van der Waals surface area contributed by atoms with Crippen LogP contribution in [-0.2, 0) is 5.41 Å². The van der Waals surface area contributed by atoms with Gasteiger partial charge in [-0.3, -0.25) is 0 Å². The van der Waals surface area contributed by atoms with E-state index in [1.165, 1.54) is 31.0 Å². The van der Waals surface area contributed by atoms with E-state index in [1.807, 2.05) is 0 Å². The first-order valence-electron chi connectivity index (χ1n) is 9.89. The number of hydrogen-bond acceptors (Lipinski definition) is 7. The second kappa shape index (κ2) is 8.47. The molecule has 0 radical (unpaired) electrons. The Hall–Kier alpha value is -3.06. The quantitative estimate of drug-likeness (QED) is 0.366. The van der Waals surface area contributed by atoms with Crippen molar-refractivity contribution < 1.29 is 17.9 Å². The first kappa shape index (κ1) is 22.1. The number of hydrogen-bond donors (Lipinski definition) is 1. The van der Waals surface area contributed by atoms with Gasteiger partial charge in [0, 0.05) is 11.1 Å². The number of halogens is 3. The Labute approximate surface area is 187 Å². The molecule has 1 N–H and O–H groups in total. The molecule has 0 amide bonds. The van der Waals surface area contributed by atoms with Gasteiger partial charge in [0.15, 0.2) is 10.8 Å². The molecular weight excluding hydrogens is 439 g/mol. The highest BCUT2D eigenvalue weighted by Crippen LogP contribution is 2.51. The summed E-state index contributed by atoms with van der Waals surface area (Å²) in [5.74, 6) is -0.247. The molecule has 32 heavy (non-hydrogen) atoms. The molecule has 2 aromatic heterocycles. The summed E-state index contributed by atoms with van der Waals surface area (Å²) >= 11 is 1.30. The third-order valence-electron chi connectivity index (χ3n) is 5.60. The van der Waals surface area contributed by atoms with Gasteiger partial charge >= 0.3 is 0 Å². The first-order chi connectivity index (χ1) is 15.3. The van der Waals surface area contributed by atoms with Crippen LogP contribution in [0.5, 0.6) is 5.88 Å². The van der Waals surface area contributed by atoms with Gasteiger partial charge in [0.1, 0.15) is 11.6 Å². The fraction of sp³-hybridized carbons (Fsp3) is 0.364. The Balaban J connectivity index is 1.82. The number of thioether (sulfide) groups is 1. The van der Waals surface area contributed by atoms with Crippen molar-refractivity contribution in [3.63, 3.8) is 0 Å². The molecule has 1 atom stereocenters. The topological polar surface area (TPSA) is 83.7 Å². The molecule has 0 unspecified atom stereocenters. The number of nitrogens with zero attached hydrogens (tertiary/aromatic N) is 4. The molecule has 1 aromatic carbocycles. The van der Waals surface area contributed by atoms with Crippen LogP contribution in [0.15, 0.2) is 29.4 Å². The Morgan fingerprint density at radius 1 is 1.22 bits per heavy atom. The van der Waals surface area contributed by atoms with Crippen LogP contribution in [0.25, 0.3) is 11.0 Å². The van der Waals surface area contributed by atoms with E-state index < -0.39 is 29.3 Å². The van der Waals surface area contributed by atoms with Crippen molar-refractivity contribution in [1.82, 2.24) is 15.0 Å². The lowest BCUT2D eigenvalue weighted by Crippen LogP contribution is -2.13. The Morgan fingerprint density at radius 3 is 2.53 bits per heavy atom. The van der Waals surface area contributed by atoms with E-state index >= 15 is 0 Å². The van der Waals surface area contributed by atoms with Gasteiger partial charge in [-0.15, -0.1) is 0 Å². The number of pyridine rings is 1. The van der Waals surface area contributed by atoms with Gasteiger partial charge in [-0.2, -0.15) is 10.2 Å². The second-order valence-electron chi connectivity index (χ2n) is 7.59. The lowest BCUT2D eigenvalue weighted by atomic mass is 9.97. The number of alkyl halides is 2. The lowest BCUT2D eigenvalue weighted by molar-refractivity contribution is 0.146. The SMILES string of the molecule is COc1nc2nc(SC)nc(N[C@H](C)c3cccc(C(F)F)c3F)c2cc1C1(C#N)CC1. The predicted molar refractivity (Wildman–Crippen MR) is 116 cm³/mol. The largest absolute Gasteiger partial charge is 0.481 e. The first-order valence-corrected chi connectivity index (χ1v) is 11.1. The highest BCUT2D eigenvalue weighted by molar-refractivity contribution is 7.98. The number of rotatable bonds is 7. The van der Waals surface area contributed by atoms with Crippen molar-refractivity contribution in [2.24, 2.45) is 0 Å². The minimum absolute atomic E-state index is 0.0950. The summed E-state index contributed by atoms with van der Waals surface area (Å²) in [5.41, 5.74) is -0.206. The van der Waals surface area contributed by atoms with Crippen LogP contribution in [0.3, 0.4) is 0 Å². The van der Waals surface area contributed by atoms with E-state index in [-0.39, 0.29) is 5.56 Å². The van der Waals surface area contributed by atoms with Crippen molar-refractivity contribution in [3.8, 4) is 11.9 Å². The van der Waals surface area contributed by atoms with Crippen LogP contribution < -0.4 is 10.1 Å². The van der Waals surface area contributed by atoms with E-state index in [1.54, 1.807) is 19.2 Å². The smallest absolute Gasteiger partial charge is 0.266 e. The van der Waals surface area contributed by atoms with Gasteiger partial charge in [-0.25, -0.2) is 23.1 Å². The summed E-state index contributed by atoms with van der Waals surface area (Å²) in [7, 11) is 1.49. The lowest BCUT2D eigenvalue weighted by Gasteiger charge is -2.19. The average Bonchev–Trinajstić information content (AvgIpc) is 3.59. The Kier molecular flexibility index (Phi) is 5.86. The van der Waals surface area contributed by atoms with Crippen molar-refractivity contribution in [2.45, 2.75) is 42.8 Å². The zero-order valence-corrected chi connectivity index (χ0v) is 18.4. The van der Waals surface area contributed by atoms with E-state index in [0.29, 0.717) is 46.3 Å². The maximum atomic E-state index is 14.7. The van der Waals surface area contributed by atoms with Crippen LogP contribution in [0.1, 0.15) is 48.9 Å². The molecule has 3 aromatic rings. The van der Waals surface area contributed by atoms with Crippen molar-refractivity contribution in [3.05, 3.63) is 46.8 Å². The molecule has 1 saturated carbocycles.